The quantitative estimate of drug-likeness (QED) is 0.616. The molecule has 0 bridgehead atoms. The molecule has 0 aliphatic rings. The number of benzene rings is 1. The summed E-state index contributed by atoms with van der Waals surface area (Å²) in [5.74, 6) is 3.17. The van der Waals surface area contributed by atoms with Crippen LogP contribution < -0.4 is 10.1 Å². The van der Waals surface area contributed by atoms with Crippen molar-refractivity contribution in [2.24, 2.45) is 0 Å². The molecule has 0 saturated carbocycles. The van der Waals surface area contributed by atoms with Crippen LogP contribution in [0.4, 0.5) is 0 Å². The van der Waals surface area contributed by atoms with E-state index in [1.165, 1.54) is 17.1 Å². The summed E-state index contributed by atoms with van der Waals surface area (Å²) in [4.78, 5) is 0. The minimum absolute atomic E-state index is 0.330. The molecule has 120 valence electrons. The molecule has 0 saturated heterocycles. The monoisotopic (exact) mass is 311 g/mol. The Balaban J connectivity index is 2.19. The third-order valence-electron chi connectivity index (χ3n) is 3.35. The molecule has 2 atom stereocenters. The number of hydrogen-bond donors (Lipinski definition) is 2. The van der Waals surface area contributed by atoms with Gasteiger partial charge in [0.15, 0.2) is 0 Å². The minimum atomic E-state index is -0.475. The van der Waals surface area contributed by atoms with E-state index in [1.807, 2.05) is 30.0 Å². The number of nitrogens with one attached hydrogen (secondary N) is 1. The predicted molar refractivity (Wildman–Crippen MR) is 92.4 cm³/mol. The summed E-state index contributed by atoms with van der Waals surface area (Å²) >= 11 is 1.95. The maximum Gasteiger partial charge on any atom is 0.119 e. The topological polar surface area (TPSA) is 41.5 Å². The molecule has 0 amide bonds. The second-order valence-corrected chi connectivity index (χ2v) is 6.65. The molecule has 0 heterocycles. The van der Waals surface area contributed by atoms with Crippen LogP contribution in [0.25, 0.3) is 0 Å². The van der Waals surface area contributed by atoms with Crippen molar-refractivity contribution in [1.82, 2.24) is 5.32 Å². The number of thioether (sulfide) groups is 1. The van der Waals surface area contributed by atoms with Crippen LogP contribution in [-0.4, -0.2) is 41.9 Å². The highest BCUT2D eigenvalue weighted by Crippen LogP contribution is 2.13. The molecule has 1 rings (SSSR count). The maximum atomic E-state index is 9.96. The highest BCUT2D eigenvalue weighted by Gasteiger charge is 2.08. The van der Waals surface area contributed by atoms with E-state index in [-0.39, 0.29) is 0 Å². The van der Waals surface area contributed by atoms with Gasteiger partial charge in [0.05, 0.1) is 0 Å². The van der Waals surface area contributed by atoms with Crippen LogP contribution in [-0.2, 0) is 6.42 Å². The predicted octanol–water partition coefficient (Wildman–Crippen LogP) is 3.11. The smallest absolute Gasteiger partial charge is 0.119 e. The highest BCUT2D eigenvalue weighted by atomic mass is 32.2. The fraction of sp³-hybridized carbons (Fsp3) is 0.647. The van der Waals surface area contributed by atoms with E-state index in [1.54, 1.807) is 0 Å². The zero-order chi connectivity index (χ0) is 15.5. The van der Waals surface area contributed by atoms with E-state index in [0.717, 1.165) is 18.6 Å². The van der Waals surface area contributed by atoms with Crippen LogP contribution in [0.3, 0.4) is 0 Å². The van der Waals surface area contributed by atoms with Crippen molar-refractivity contribution in [1.29, 1.82) is 0 Å². The van der Waals surface area contributed by atoms with Gasteiger partial charge in [-0.3, -0.25) is 0 Å². The van der Waals surface area contributed by atoms with E-state index in [2.05, 4.69) is 32.2 Å². The Morgan fingerprint density at radius 1 is 1.33 bits per heavy atom. The first-order valence-corrected chi connectivity index (χ1v) is 9.02. The summed E-state index contributed by atoms with van der Waals surface area (Å²) in [6.45, 7) is 7.37. The van der Waals surface area contributed by atoms with Crippen LogP contribution in [0.2, 0.25) is 0 Å². The van der Waals surface area contributed by atoms with Crippen molar-refractivity contribution in [2.45, 2.75) is 45.8 Å². The van der Waals surface area contributed by atoms with Crippen LogP contribution >= 0.6 is 11.8 Å². The molecule has 4 heteroatoms. The fourth-order valence-corrected chi connectivity index (χ4v) is 2.76. The van der Waals surface area contributed by atoms with E-state index in [4.69, 9.17) is 4.74 Å². The Morgan fingerprint density at radius 2 is 2.14 bits per heavy atom. The SMILES string of the molecule is CCSCCC(C)NCC(O)COc1cccc(CC)c1. The Bertz CT molecular complexity index is 387. The van der Waals surface area contributed by atoms with Gasteiger partial charge in [0.25, 0.3) is 0 Å². The first-order chi connectivity index (χ1) is 10.2. The van der Waals surface area contributed by atoms with Gasteiger partial charge in [0.2, 0.25) is 0 Å². The van der Waals surface area contributed by atoms with Crippen molar-refractivity contribution in [3.8, 4) is 5.75 Å². The van der Waals surface area contributed by atoms with Gasteiger partial charge in [-0.05, 0) is 49.0 Å². The average Bonchev–Trinajstić information content (AvgIpc) is 2.51. The molecule has 21 heavy (non-hydrogen) atoms. The standard InChI is InChI=1S/C17H29NO2S/c1-4-15-7-6-8-17(11-15)20-13-16(19)12-18-14(3)9-10-21-5-2/h6-8,11,14,16,18-19H,4-5,9-10,12-13H2,1-3H3. The molecule has 0 aliphatic heterocycles. The van der Waals surface area contributed by atoms with E-state index in [9.17, 15) is 5.11 Å². The highest BCUT2D eigenvalue weighted by molar-refractivity contribution is 7.99. The van der Waals surface area contributed by atoms with Gasteiger partial charge in [-0.25, -0.2) is 0 Å². The molecule has 0 radical (unpaired) electrons. The van der Waals surface area contributed by atoms with Crippen molar-refractivity contribution >= 4 is 11.8 Å². The molecule has 0 spiro atoms. The Kier molecular flexibility index (Phi) is 9.55. The van der Waals surface area contributed by atoms with Crippen molar-refractivity contribution in [3.05, 3.63) is 29.8 Å². The molecule has 0 aliphatic carbocycles. The average molecular weight is 311 g/mol. The summed E-state index contributed by atoms with van der Waals surface area (Å²) in [6, 6.07) is 8.48. The van der Waals surface area contributed by atoms with Crippen LogP contribution in [0.1, 0.15) is 32.8 Å². The van der Waals surface area contributed by atoms with Crippen LogP contribution in [0, 0.1) is 0 Å². The lowest BCUT2D eigenvalue weighted by Gasteiger charge is -2.17. The van der Waals surface area contributed by atoms with Gasteiger partial charge in [-0.1, -0.05) is 26.0 Å². The number of rotatable bonds is 11. The molecule has 3 nitrogen and oxygen atoms in total. The van der Waals surface area contributed by atoms with Gasteiger partial charge in [-0.15, -0.1) is 0 Å². The van der Waals surface area contributed by atoms with Crippen LogP contribution in [0.15, 0.2) is 24.3 Å². The lowest BCUT2D eigenvalue weighted by Crippen LogP contribution is -2.36. The van der Waals surface area contributed by atoms with Gasteiger partial charge in [-0.2, -0.15) is 11.8 Å². The summed E-state index contributed by atoms with van der Waals surface area (Å²) in [6.07, 6.45) is 1.65. The van der Waals surface area contributed by atoms with Crippen molar-refractivity contribution in [3.63, 3.8) is 0 Å². The Hall–Kier alpha value is -0.710. The third kappa shape index (κ3) is 8.34. The van der Waals surface area contributed by atoms with E-state index < -0.39 is 6.10 Å². The second-order valence-electron chi connectivity index (χ2n) is 5.26. The van der Waals surface area contributed by atoms with Crippen LogP contribution in [0.5, 0.6) is 5.75 Å². The Labute approximate surface area is 133 Å². The molecule has 1 aromatic carbocycles. The molecule has 0 aromatic heterocycles. The normalized spacial score (nSPS) is 13.9. The van der Waals surface area contributed by atoms with Crippen molar-refractivity contribution in [2.75, 3.05) is 24.7 Å². The van der Waals surface area contributed by atoms with Gasteiger partial charge < -0.3 is 15.2 Å². The molecule has 1 aromatic rings. The number of aliphatic hydroxyl groups is 1. The molecule has 2 N–H and O–H groups in total. The number of hydrogen-bond acceptors (Lipinski definition) is 4. The van der Waals surface area contributed by atoms with Gasteiger partial charge in [0.1, 0.15) is 18.5 Å². The number of aliphatic hydroxyl groups excluding tert-OH is 1. The molecular formula is C17H29NO2S. The minimum Gasteiger partial charge on any atom is -0.491 e. The second kappa shape index (κ2) is 10.9. The summed E-state index contributed by atoms with van der Waals surface area (Å²) in [5.41, 5.74) is 1.25. The van der Waals surface area contributed by atoms with Gasteiger partial charge >= 0.3 is 0 Å². The van der Waals surface area contributed by atoms with Gasteiger partial charge in [0, 0.05) is 12.6 Å². The zero-order valence-electron chi connectivity index (χ0n) is 13.5. The molecular weight excluding hydrogens is 282 g/mol. The maximum absolute atomic E-state index is 9.96. The number of ether oxygens (including phenoxy) is 1. The van der Waals surface area contributed by atoms with Crippen molar-refractivity contribution < 1.29 is 9.84 Å². The summed E-state index contributed by atoms with van der Waals surface area (Å²) < 4.78 is 5.65. The summed E-state index contributed by atoms with van der Waals surface area (Å²) in [5, 5.41) is 13.3. The fourth-order valence-electron chi connectivity index (χ4n) is 1.95. The lowest BCUT2D eigenvalue weighted by molar-refractivity contribution is 0.104. The summed E-state index contributed by atoms with van der Waals surface area (Å²) in [7, 11) is 0. The first kappa shape index (κ1) is 18.3. The van der Waals surface area contributed by atoms with E-state index in [0.29, 0.717) is 19.2 Å². The Morgan fingerprint density at radius 3 is 2.86 bits per heavy atom. The largest absolute Gasteiger partial charge is 0.491 e. The molecule has 0 fully saturated rings. The van der Waals surface area contributed by atoms with E-state index >= 15 is 0 Å². The first-order valence-electron chi connectivity index (χ1n) is 7.86. The zero-order valence-corrected chi connectivity index (χ0v) is 14.3. The number of aryl methyl sites for hydroxylation is 1. The molecule has 2 unspecified atom stereocenters. The third-order valence-corrected chi connectivity index (χ3v) is 4.28. The lowest BCUT2D eigenvalue weighted by atomic mass is 10.2.